The maximum absolute atomic E-state index is 9.38. The molecule has 1 aliphatic rings. The van der Waals surface area contributed by atoms with Gasteiger partial charge in [0.1, 0.15) is 11.2 Å². The summed E-state index contributed by atoms with van der Waals surface area (Å²) < 4.78 is 0. The van der Waals surface area contributed by atoms with Gasteiger partial charge < -0.3 is 0 Å². The van der Waals surface area contributed by atoms with E-state index in [1.807, 2.05) is 18.2 Å². The van der Waals surface area contributed by atoms with E-state index >= 15 is 0 Å². The summed E-state index contributed by atoms with van der Waals surface area (Å²) >= 11 is 0. The fourth-order valence-electron chi connectivity index (χ4n) is 2.52. The number of nitrogens with zero attached hydrogens (tertiary/aromatic N) is 3. The summed E-state index contributed by atoms with van der Waals surface area (Å²) in [6, 6.07) is 12.5. The van der Waals surface area contributed by atoms with E-state index in [1.54, 1.807) is 6.20 Å². The first-order chi connectivity index (χ1) is 9.25. The molecule has 1 saturated carbocycles. The maximum atomic E-state index is 9.38. The van der Waals surface area contributed by atoms with E-state index in [1.165, 1.54) is 5.56 Å². The predicted octanol–water partition coefficient (Wildman–Crippen LogP) is 3.40. The van der Waals surface area contributed by atoms with Crippen molar-refractivity contribution in [2.24, 2.45) is 0 Å². The van der Waals surface area contributed by atoms with Crippen molar-refractivity contribution in [1.82, 2.24) is 9.97 Å². The van der Waals surface area contributed by atoms with Crippen LogP contribution < -0.4 is 0 Å². The minimum Gasteiger partial charge on any atom is -0.240 e. The normalized spacial score (nSPS) is 16.4. The first-order valence-corrected chi connectivity index (χ1v) is 6.56. The Labute approximate surface area is 113 Å². The third-order valence-electron chi connectivity index (χ3n) is 3.93. The SMILES string of the molecule is Cc1ccccc1-c1ccnc(C2(C#N)CCC2)n1. The van der Waals surface area contributed by atoms with E-state index in [0.29, 0.717) is 5.82 Å². The summed E-state index contributed by atoms with van der Waals surface area (Å²) in [6.07, 6.45) is 4.61. The van der Waals surface area contributed by atoms with Gasteiger partial charge in [0.05, 0.1) is 11.8 Å². The summed E-state index contributed by atoms with van der Waals surface area (Å²) in [5.74, 6) is 0.682. The molecule has 0 aliphatic heterocycles. The highest BCUT2D eigenvalue weighted by Gasteiger charge is 2.41. The van der Waals surface area contributed by atoms with Gasteiger partial charge >= 0.3 is 0 Å². The van der Waals surface area contributed by atoms with E-state index in [-0.39, 0.29) is 0 Å². The van der Waals surface area contributed by atoms with Gasteiger partial charge in [-0.3, -0.25) is 0 Å². The van der Waals surface area contributed by atoms with Gasteiger partial charge in [0.2, 0.25) is 0 Å². The molecule has 3 heteroatoms. The van der Waals surface area contributed by atoms with Crippen molar-refractivity contribution in [3.63, 3.8) is 0 Å². The molecule has 94 valence electrons. The molecule has 3 nitrogen and oxygen atoms in total. The molecule has 0 spiro atoms. The van der Waals surface area contributed by atoms with Gasteiger partial charge in [-0.05, 0) is 37.8 Å². The lowest BCUT2D eigenvalue weighted by Gasteiger charge is -2.33. The molecule has 1 aliphatic carbocycles. The summed E-state index contributed by atoms with van der Waals surface area (Å²) in [5, 5.41) is 9.38. The van der Waals surface area contributed by atoms with Crippen LogP contribution in [0.2, 0.25) is 0 Å². The standard InChI is InChI=1S/C16H15N3/c1-12-5-2-3-6-13(12)14-7-10-18-15(19-14)16(11-17)8-4-9-16/h2-3,5-7,10H,4,8-9H2,1H3. The van der Waals surface area contributed by atoms with Crippen molar-refractivity contribution in [1.29, 1.82) is 5.26 Å². The Morgan fingerprint density at radius 3 is 2.63 bits per heavy atom. The minimum atomic E-state index is -0.446. The highest BCUT2D eigenvalue weighted by molar-refractivity contribution is 5.63. The van der Waals surface area contributed by atoms with Crippen LogP contribution in [0.4, 0.5) is 0 Å². The van der Waals surface area contributed by atoms with Gasteiger partial charge in [-0.15, -0.1) is 0 Å². The van der Waals surface area contributed by atoms with Gasteiger partial charge in [0.25, 0.3) is 0 Å². The number of aromatic nitrogens is 2. The quantitative estimate of drug-likeness (QED) is 0.819. The predicted molar refractivity (Wildman–Crippen MR) is 73.3 cm³/mol. The highest BCUT2D eigenvalue weighted by atomic mass is 14.9. The molecule has 1 aromatic carbocycles. The molecular formula is C16H15N3. The van der Waals surface area contributed by atoms with Crippen molar-refractivity contribution in [2.45, 2.75) is 31.6 Å². The zero-order chi connectivity index (χ0) is 13.3. The molecule has 0 saturated heterocycles. The smallest absolute Gasteiger partial charge is 0.149 e. The number of hydrogen-bond acceptors (Lipinski definition) is 3. The van der Waals surface area contributed by atoms with Crippen LogP contribution in [-0.2, 0) is 5.41 Å². The van der Waals surface area contributed by atoms with E-state index in [9.17, 15) is 5.26 Å². The maximum Gasteiger partial charge on any atom is 0.149 e. The molecule has 0 atom stereocenters. The summed E-state index contributed by atoms with van der Waals surface area (Å²) in [6.45, 7) is 2.07. The number of rotatable bonds is 2. The fourth-order valence-corrected chi connectivity index (χ4v) is 2.52. The third kappa shape index (κ3) is 1.90. The van der Waals surface area contributed by atoms with Crippen molar-refractivity contribution < 1.29 is 0 Å². The fraction of sp³-hybridized carbons (Fsp3) is 0.312. The molecule has 1 fully saturated rings. The second-order valence-electron chi connectivity index (χ2n) is 5.13. The minimum absolute atomic E-state index is 0.446. The lowest BCUT2D eigenvalue weighted by atomic mass is 9.69. The molecule has 0 N–H and O–H groups in total. The van der Waals surface area contributed by atoms with Crippen LogP contribution >= 0.6 is 0 Å². The van der Waals surface area contributed by atoms with E-state index in [0.717, 1.165) is 30.5 Å². The van der Waals surface area contributed by atoms with Gasteiger partial charge in [-0.25, -0.2) is 9.97 Å². The van der Waals surface area contributed by atoms with Crippen LogP contribution in [-0.4, -0.2) is 9.97 Å². The van der Waals surface area contributed by atoms with Crippen molar-refractivity contribution >= 4 is 0 Å². The number of aryl methyl sites for hydroxylation is 1. The average molecular weight is 249 g/mol. The molecule has 1 aromatic heterocycles. The largest absolute Gasteiger partial charge is 0.240 e. The van der Waals surface area contributed by atoms with Crippen LogP contribution in [0.25, 0.3) is 11.3 Å². The van der Waals surface area contributed by atoms with Crippen molar-refractivity contribution in [3.05, 3.63) is 47.9 Å². The van der Waals surface area contributed by atoms with Crippen LogP contribution in [0, 0.1) is 18.3 Å². The van der Waals surface area contributed by atoms with Crippen molar-refractivity contribution in [2.75, 3.05) is 0 Å². The van der Waals surface area contributed by atoms with Crippen LogP contribution in [0.15, 0.2) is 36.5 Å². The Hall–Kier alpha value is -2.21. The van der Waals surface area contributed by atoms with E-state index in [4.69, 9.17) is 0 Å². The van der Waals surface area contributed by atoms with Gasteiger partial charge in [0, 0.05) is 11.8 Å². The topological polar surface area (TPSA) is 49.6 Å². The average Bonchev–Trinajstić information content (AvgIpc) is 2.39. The molecule has 1 heterocycles. The van der Waals surface area contributed by atoms with E-state index in [2.05, 4.69) is 35.1 Å². The van der Waals surface area contributed by atoms with E-state index < -0.39 is 5.41 Å². The Morgan fingerprint density at radius 1 is 1.21 bits per heavy atom. The molecule has 0 radical (unpaired) electrons. The molecule has 0 bridgehead atoms. The monoisotopic (exact) mass is 249 g/mol. The Morgan fingerprint density at radius 2 is 2.00 bits per heavy atom. The third-order valence-corrected chi connectivity index (χ3v) is 3.93. The molecule has 2 aromatic rings. The lowest BCUT2D eigenvalue weighted by Crippen LogP contribution is -2.34. The second-order valence-corrected chi connectivity index (χ2v) is 5.13. The summed E-state index contributed by atoms with van der Waals surface area (Å²) in [5.41, 5.74) is 2.76. The van der Waals surface area contributed by atoms with Gasteiger partial charge in [0.15, 0.2) is 0 Å². The van der Waals surface area contributed by atoms with Gasteiger partial charge in [-0.1, -0.05) is 24.3 Å². The zero-order valence-corrected chi connectivity index (χ0v) is 10.9. The molecule has 0 unspecified atom stereocenters. The first-order valence-electron chi connectivity index (χ1n) is 6.56. The molecule has 0 amide bonds. The van der Waals surface area contributed by atoms with Crippen molar-refractivity contribution in [3.8, 4) is 17.3 Å². The number of hydrogen-bond donors (Lipinski definition) is 0. The summed E-state index contributed by atoms with van der Waals surface area (Å²) in [7, 11) is 0. The van der Waals surface area contributed by atoms with Crippen LogP contribution in [0.5, 0.6) is 0 Å². The Kier molecular flexibility index (Phi) is 2.79. The van der Waals surface area contributed by atoms with Gasteiger partial charge in [-0.2, -0.15) is 5.26 Å². The number of benzene rings is 1. The van der Waals surface area contributed by atoms with Crippen LogP contribution in [0.1, 0.15) is 30.7 Å². The Balaban J connectivity index is 2.07. The van der Waals surface area contributed by atoms with Crippen LogP contribution in [0.3, 0.4) is 0 Å². The first kappa shape index (κ1) is 11.9. The lowest BCUT2D eigenvalue weighted by molar-refractivity contribution is 0.307. The second kappa shape index (κ2) is 4.47. The Bertz CT molecular complexity index is 651. The zero-order valence-electron chi connectivity index (χ0n) is 10.9. The molecule has 3 rings (SSSR count). The molecule has 19 heavy (non-hydrogen) atoms. The number of nitriles is 1. The highest BCUT2D eigenvalue weighted by Crippen LogP contribution is 2.41. The molecular weight excluding hydrogens is 234 g/mol. The summed E-state index contributed by atoms with van der Waals surface area (Å²) in [4.78, 5) is 8.96.